The molecule has 29 heavy (non-hydrogen) atoms. The summed E-state index contributed by atoms with van der Waals surface area (Å²) in [5.41, 5.74) is 1.83. The number of Topliss-reactive ketones (excluding diaryl/α,β-unsaturated/α-hetero) is 1. The predicted molar refractivity (Wildman–Crippen MR) is 103 cm³/mol. The molecule has 0 saturated carbocycles. The van der Waals surface area contributed by atoms with Gasteiger partial charge in [0.05, 0.1) is 0 Å². The van der Waals surface area contributed by atoms with Crippen molar-refractivity contribution in [3.8, 4) is 23.0 Å². The van der Waals surface area contributed by atoms with Gasteiger partial charge in [-0.05, 0) is 30.3 Å². The van der Waals surface area contributed by atoms with Crippen LogP contribution in [-0.4, -0.2) is 25.2 Å². The zero-order valence-corrected chi connectivity index (χ0v) is 15.3. The van der Waals surface area contributed by atoms with Crippen LogP contribution >= 0.6 is 0 Å². The first kappa shape index (κ1) is 17.3. The lowest BCUT2D eigenvalue weighted by Crippen LogP contribution is -2.23. The molecule has 3 aromatic rings. The van der Waals surface area contributed by atoms with E-state index in [1.165, 1.54) is 0 Å². The van der Waals surface area contributed by atoms with Crippen molar-refractivity contribution in [2.45, 2.75) is 5.92 Å². The van der Waals surface area contributed by atoms with Gasteiger partial charge < -0.3 is 18.9 Å². The Kier molecular flexibility index (Phi) is 4.17. The summed E-state index contributed by atoms with van der Waals surface area (Å²) >= 11 is 0. The lowest BCUT2D eigenvalue weighted by Gasteiger charge is -2.26. The second kappa shape index (κ2) is 6.98. The van der Waals surface area contributed by atoms with Crippen LogP contribution < -0.4 is 14.2 Å². The van der Waals surface area contributed by atoms with Crippen LogP contribution in [-0.2, 0) is 9.53 Å². The maximum absolute atomic E-state index is 13.0. The number of rotatable bonds is 4. The number of ketones is 1. The summed E-state index contributed by atoms with van der Waals surface area (Å²) in [6, 6.07) is 19.5. The molecule has 0 spiro atoms. The summed E-state index contributed by atoms with van der Waals surface area (Å²) < 4.78 is 21.8. The van der Waals surface area contributed by atoms with Crippen LogP contribution in [0.5, 0.6) is 23.0 Å². The Morgan fingerprint density at radius 2 is 1.48 bits per heavy atom. The summed E-state index contributed by atoms with van der Waals surface area (Å²) in [4.78, 5) is 25.5. The molecule has 0 bridgehead atoms. The van der Waals surface area contributed by atoms with Gasteiger partial charge in [-0.15, -0.1) is 0 Å². The molecule has 2 aliphatic heterocycles. The third kappa shape index (κ3) is 3.08. The number of ether oxygens (including phenoxy) is 4. The predicted octanol–water partition coefficient (Wildman–Crippen LogP) is 4.08. The van der Waals surface area contributed by atoms with E-state index in [-0.39, 0.29) is 19.2 Å². The topological polar surface area (TPSA) is 71.1 Å². The summed E-state index contributed by atoms with van der Waals surface area (Å²) in [5.74, 6) is 0.849. The number of fused-ring (bicyclic) bond motifs is 3. The van der Waals surface area contributed by atoms with Gasteiger partial charge in [-0.2, -0.15) is 0 Å². The molecular weight excluding hydrogens is 372 g/mol. The fourth-order valence-electron chi connectivity index (χ4n) is 3.54. The SMILES string of the molecule is O=C(COC(=O)C1c2ccccc2Oc2ccccc21)c1ccc2c(c1)OCO2. The summed E-state index contributed by atoms with van der Waals surface area (Å²) in [6.45, 7) is -0.231. The molecule has 2 heterocycles. The summed E-state index contributed by atoms with van der Waals surface area (Å²) in [6.07, 6.45) is 0. The molecule has 0 amide bonds. The molecule has 3 aromatic carbocycles. The van der Waals surface area contributed by atoms with Crippen molar-refractivity contribution in [3.63, 3.8) is 0 Å². The van der Waals surface area contributed by atoms with Crippen LogP contribution in [0.2, 0.25) is 0 Å². The fourth-order valence-corrected chi connectivity index (χ4v) is 3.54. The van der Waals surface area contributed by atoms with Crippen molar-refractivity contribution >= 4 is 11.8 Å². The van der Waals surface area contributed by atoms with E-state index in [0.717, 1.165) is 0 Å². The molecular formula is C23H16O6. The van der Waals surface area contributed by atoms with Gasteiger partial charge in [-0.1, -0.05) is 36.4 Å². The molecule has 0 unspecified atom stereocenters. The monoisotopic (exact) mass is 388 g/mol. The highest BCUT2D eigenvalue weighted by Gasteiger charge is 2.34. The van der Waals surface area contributed by atoms with E-state index in [4.69, 9.17) is 18.9 Å². The van der Waals surface area contributed by atoms with E-state index in [1.54, 1.807) is 18.2 Å². The first-order chi connectivity index (χ1) is 14.2. The minimum absolute atomic E-state index is 0.129. The second-order valence-corrected chi connectivity index (χ2v) is 6.71. The molecule has 2 aliphatic rings. The van der Waals surface area contributed by atoms with Crippen molar-refractivity contribution in [1.29, 1.82) is 0 Å². The third-order valence-corrected chi connectivity index (χ3v) is 4.96. The van der Waals surface area contributed by atoms with Crippen LogP contribution in [0.4, 0.5) is 0 Å². The van der Waals surface area contributed by atoms with Crippen molar-refractivity contribution in [2.75, 3.05) is 13.4 Å². The van der Waals surface area contributed by atoms with Gasteiger partial charge >= 0.3 is 5.97 Å². The zero-order chi connectivity index (χ0) is 19.8. The van der Waals surface area contributed by atoms with E-state index in [2.05, 4.69) is 0 Å². The van der Waals surface area contributed by atoms with Crippen LogP contribution in [0.3, 0.4) is 0 Å². The Morgan fingerprint density at radius 1 is 0.828 bits per heavy atom. The van der Waals surface area contributed by atoms with Gasteiger partial charge in [0, 0.05) is 16.7 Å². The van der Waals surface area contributed by atoms with E-state index >= 15 is 0 Å². The highest BCUT2D eigenvalue weighted by atomic mass is 16.7. The van der Waals surface area contributed by atoms with Gasteiger partial charge in [0.2, 0.25) is 6.79 Å². The van der Waals surface area contributed by atoms with Crippen LogP contribution in [0.25, 0.3) is 0 Å². The normalized spacial score (nSPS) is 13.8. The first-order valence-electron chi connectivity index (χ1n) is 9.16. The quantitative estimate of drug-likeness (QED) is 0.495. The standard InChI is InChI=1S/C23H16O6/c24-17(14-9-10-20-21(11-14)28-13-27-20)12-26-23(25)22-15-5-1-3-7-18(15)29-19-8-4-2-6-16(19)22/h1-11,22H,12-13H2. The largest absolute Gasteiger partial charge is 0.457 e. The highest BCUT2D eigenvalue weighted by Crippen LogP contribution is 2.44. The average Bonchev–Trinajstić information content (AvgIpc) is 3.23. The van der Waals surface area contributed by atoms with Gasteiger partial charge in [0.1, 0.15) is 17.4 Å². The maximum Gasteiger partial charge on any atom is 0.318 e. The van der Waals surface area contributed by atoms with E-state index in [1.807, 2.05) is 48.5 Å². The van der Waals surface area contributed by atoms with Gasteiger partial charge in [-0.25, -0.2) is 0 Å². The van der Waals surface area contributed by atoms with Crippen LogP contribution in [0, 0.1) is 0 Å². The first-order valence-corrected chi connectivity index (χ1v) is 9.16. The van der Waals surface area contributed by atoms with Crippen molar-refractivity contribution < 1.29 is 28.5 Å². The smallest absolute Gasteiger partial charge is 0.318 e. The number of hydrogen-bond donors (Lipinski definition) is 0. The number of carbonyl (C=O) groups is 2. The number of benzene rings is 3. The Morgan fingerprint density at radius 3 is 2.21 bits per heavy atom. The van der Waals surface area contributed by atoms with E-state index < -0.39 is 11.9 Å². The van der Waals surface area contributed by atoms with Gasteiger partial charge in [-0.3, -0.25) is 9.59 Å². The molecule has 0 fully saturated rings. The third-order valence-electron chi connectivity index (χ3n) is 4.96. The van der Waals surface area contributed by atoms with Crippen LogP contribution in [0.15, 0.2) is 66.7 Å². The molecule has 5 rings (SSSR count). The summed E-state index contributed by atoms with van der Waals surface area (Å²) in [5, 5.41) is 0. The fraction of sp³-hybridized carbons (Fsp3) is 0.130. The summed E-state index contributed by atoms with van der Waals surface area (Å²) in [7, 11) is 0. The molecule has 0 atom stereocenters. The number of esters is 1. The minimum Gasteiger partial charge on any atom is -0.457 e. The lowest BCUT2D eigenvalue weighted by molar-refractivity contribution is -0.143. The van der Waals surface area contributed by atoms with Gasteiger partial charge in [0.25, 0.3) is 0 Å². The molecule has 144 valence electrons. The van der Waals surface area contributed by atoms with Crippen molar-refractivity contribution in [2.24, 2.45) is 0 Å². The number of carbonyl (C=O) groups excluding carboxylic acids is 2. The molecule has 0 N–H and O–H groups in total. The van der Waals surface area contributed by atoms with Crippen molar-refractivity contribution in [3.05, 3.63) is 83.4 Å². The molecule has 6 nitrogen and oxygen atoms in total. The van der Waals surface area contributed by atoms with Crippen LogP contribution in [0.1, 0.15) is 27.4 Å². The molecule has 6 heteroatoms. The Bertz CT molecular complexity index is 1070. The highest BCUT2D eigenvalue weighted by molar-refractivity contribution is 5.99. The number of hydrogen-bond acceptors (Lipinski definition) is 6. The molecule has 0 aromatic heterocycles. The van der Waals surface area contributed by atoms with Gasteiger partial charge in [0.15, 0.2) is 23.9 Å². The lowest BCUT2D eigenvalue weighted by atomic mass is 9.88. The second-order valence-electron chi connectivity index (χ2n) is 6.71. The van der Waals surface area contributed by atoms with E-state index in [0.29, 0.717) is 39.7 Å². The molecule has 0 saturated heterocycles. The zero-order valence-electron chi connectivity index (χ0n) is 15.3. The van der Waals surface area contributed by atoms with Crippen molar-refractivity contribution in [1.82, 2.24) is 0 Å². The van der Waals surface area contributed by atoms with E-state index in [9.17, 15) is 9.59 Å². The number of para-hydroxylation sites is 2. The Hall–Kier alpha value is -3.80. The minimum atomic E-state index is -0.652. The Balaban J connectivity index is 1.37. The molecule has 0 aliphatic carbocycles. The maximum atomic E-state index is 13.0. The Labute approximate surface area is 166 Å². The average molecular weight is 388 g/mol. The molecule has 0 radical (unpaired) electrons.